The summed E-state index contributed by atoms with van der Waals surface area (Å²) >= 11 is 0. The zero-order valence-electron chi connectivity index (χ0n) is 12.8. The van der Waals surface area contributed by atoms with Gasteiger partial charge < -0.3 is 14.6 Å². The highest BCUT2D eigenvalue weighted by molar-refractivity contribution is 6.00. The molecule has 2 rings (SSSR count). The third-order valence-electron chi connectivity index (χ3n) is 3.21. The van der Waals surface area contributed by atoms with E-state index in [0.717, 1.165) is 5.56 Å². The van der Waals surface area contributed by atoms with Crippen LogP contribution in [0.1, 0.15) is 21.5 Å². The van der Waals surface area contributed by atoms with Gasteiger partial charge in [0.2, 0.25) is 0 Å². The number of aryl methyl sites for hydroxylation is 1. The molecule has 0 spiro atoms. The number of benzene rings is 2. The molecule has 0 unspecified atom stereocenters. The number of carboxylic acid groups (broad SMARTS) is 1. The fraction of sp³-hybridized carbons (Fsp3) is 0.176. The predicted octanol–water partition coefficient (Wildman–Crippen LogP) is 3.45. The molecule has 2 aromatic carbocycles. The Morgan fingerprint density at radius 1 is 1.17 bits per heavy atom. The molecule has 0 bridgehead atoms. The second-order valence-electron chi connectivity index (χ2n) is 4.86. The summed E-state index contributed by atoms with van der Waals surface area (Å²) in [6.45, 7) is 1.78. The topological polar surface area (TPSA) is 84.9 Å². The Labute approximate surface area is 133 Å². The van der Waals surface area contributed by atoms with Crippen LogP contribution in [0, 0.1) is 6.92 Å². The Morgan fingerprint density at radius 2 is 1.87 bits per heavy atom. The number of amides is 1. The maximum Gasteiger partial charge on any atom is 0.411 e. The summed E-state index contributed by atoms with van der Waals surface area (Å²) in [7, 11) is 1.45. The molecule has 120 valence electrons. The minimum Gasteiger partial charge on any atom is -0.497 e. The number of hydrogen-bond acceptors (Lipinski definition) is 4. The first kappa shape index (κ1) is 16.4. The molecule has 1 amide bonds. The smallest absolute Gasteiger partial charge is 0.411 e. The van der Waals surface area contributed by atoms with Crippen LogP contribution in [0.2, 0.25) is 0 Å². The fourth-order valence-corrected chi connectivity index (χ4v) is 2.07. The van der Waals surface area contributed by atoms with Gasteiger partial charge in [0.1, 0.15) is 12.4 Å². The number of rotatable bonds is 5. The van der Waals surface area contributed by atoms with Gasteiger partial charge in [0.25, 0.3) is 0 Å². The zero-order chi connectivity index (χ0) is 16.8. The van der Waals surface area contributed by atoms with Crippen LogP contribution in [0.25, 0.3) is 0 Å². The molecule has 0 radical (unpaired) electrons. The van der Waals surface area contributed by atoms with Gasteiger partial charge in [-0.15, -0.1) is 0 Å². The van der Waals surface area contributed by atoms with Crippen molar-refractivity contribution in [2.45, 2.75) is 13.5 Å². The summed E-state index contributed by atoms with van der Waals surface area (Å²) in [6, 6.07) is 12.2. The predicted molar refractivity (Wildman–Crippen MR) is 84.9 cm³/mol. The number of methoxy groups -OCH3 is 1. The van der Waals surface area contributed by atoms with E-state index >= 15 is 0 Å². The molecule has 0 aliphatic rings. The molecule has 0 aliphatic carbocycles. The highest BCUT2D eigenvalue weighted by Crippen LogP contribution is 2.27. The standard InChI is InChI=1S/C17H17NO5/c1-11-8-13(22-2)9-14(16(19)20)15(11)18-17(21)23-10-12-6-4-3-5-7-12/h3-9H,10H2,1-2H3,(H,18,21)(H,19,20). The molecule has 23 heavy (non-hydrogen) atoms. The van der Waals surface area contributed by atoms with Gasteiger partial charge in [0.15, 0.2) is 0 Å². The lowest BCUT2D eigenvalue weighted by molar-refractivity contribution is 0.0697. The minimum atomic E-state index is -1.16. The van der Waals surface area contributed by atoms with E-state index in [1.165, 1.54) is 13.2 Å². The van der Waals surface area contributed by atoms with Gasteiger partial charge in [-0.25, -0.2) is 9.59 Å². The number of carbonyl (C=O) groups excluding carboxylic acids is 1. The van der Waals surface area contributed by atoms with Crippen molar-refractivity contribution in [3.63, 3.8) is 0 Å². The van der Waals surface area contributed by atoms with Crippen molar-refractivity contribution < 1.29 is 24.2 Å². The minimum absolute atomic E-state index is 0.0569. The largest absolute Gasteiger partial charge is 0.497 e. The van der Waals surface area contributed by atoms with E-state index in [4.69, 9.17) is 9.47 Å². The van der Waals surface area contributed by atoms with Crippen molar-refractivity contribution in [3.8, 4) is 5.75 Å². The van der Waals surface area contributed by atoms with Crippen LogP contribution < -0.4 is 10.1 Å². The van der Waals surface area contributed by atoms with E-state index in [9.17, 15) is 14.7 Å². The molecule has 6 nitrogen and oxygen atoms in total. The van der Waals surface area contributed by atoms with Gasteiger partial charge in [-0.3, -0.25) is 5.32 Å². The summed E-state index contributed by atoms with van der Waals surface area (Å²) < 4.78 is 10.1. The third kappa shape index (κ3) is 4.23. The number of nitrogens with one attached hydrogen (secondary N) is 1. The number of ether oxygens (including phenoxy) is 2. The van der Waals surface area contributed by atoms with Crippen molar-refractivity contribution in [3.05, 3.63) is 59.2 Å². The molecule has 0 saturated heterocycles. The van der Waals surface area contributed by atoms with Crippen molar-refractivity contribution in [2.75, 3.05) is 12.4 Å². The Balaban J connectivity index is 2.12. The highest BCUT2D eigenvalue weighted by Gasteiger charge is 2.17. The lowest BCUT2D eigenvalue weighted by atomic mass is 10.1. The van der Waals surface area contributed by atoms with Crippen LogP contribution in [0.15, 0.2) is 42.5 Å². The number of anilines is 1. The lowest BCUT2D eigenvalue weighted by Crippen LogP contribution is -2.17. The average Bonchev–Trinajstić information content (AvgIpc) is 2.55. The molecule has 0 aliphatic heterocycles. The van der Waals surface area contributed by atoms with E-state index < -0.39 is 12.1 Å². The molecule has 6 heteroatoms. The highest BCUT2D eigenvalue weighted by atomic mass is 16.5. The molecule has 0 heterocycles. The SMILES string of the molecule is COc1cc(C)c(NC(=O)OCc2ccccc2)c(C(=O)O)c1. The molecule has 0 saturated carbocycles. The van der Waals surface area contributed by atoms with Crippen LogP contribution >= 0.6 is 0 Å². The Morgan fingerprint density at radius 3 is 2.48 bits per heavy atom. The van der Waals surface area contributed by atoms with Crippen LogP contribution in [0.5, 0.6) is 5.75 Å². The first-order valence-corrected chi connectivity index (χ1v) is 6.91. The van der Waals surface area contributed by atoms with Gasteiger partial charge >= 0.3 is 12.1 Å². The molecular formula is C17H17NO5. The summed E-state index contributed by atoms with van der Waals surface area (Å²) in [5, 5.41) is 11.8. The molecule has 0 atom stereocenters. The second kappa shape index (κ2) is 7.31. The number of hydrogen-bond donors (Lipinski definition) is 2. The van der Waals surface area contributed by atoms with E-state index in [0.29, 0.717) is 11.3 Å². The van der Waals surface area contributed by atoms with Crippen LogP contribution in [0.3, 0.4) is 0 Å². The molecule has 2 N–H and O–H groups in total. The fourth-order valence-electron chi connectivity index (χ4n) is 2.07. The Hall–Kier alpha value is -3.02. The number of carboxylic acids is 1. The summed E-state index contributed by atoms with van der Waals surface area (Å²) in [5.74, 6) is -0.756. The van der Waals surface area contributed by atoms with Gasteiger partial charge in [-0.2, -0.15) is 0 Å². The van der Waals surface area contributed by atoms with Gasteiger partial charge in [0.05, 0.1) is 18.4 Å². The molecule has 0 aromatic heterocycles. The van der Waals surface area contributed by atoms with Crippen LogP contribution in [-0.2, 0) is 11.3 Å². The van der Waals surface area contributed by atoms with Crippen molar-refractivity contribution in [2.24, 2.45) is 0 Å². The first-order valence-electron chi connectivity index (χ1n) is 6.91. The molecule has 0 fully saturated rings. The van der Waals surface area contributed by atoms with Gasteiger partial charge in [-0.05, 0) is 30.2 Å². The van der Waals surface area contributed by atoms with E-state index in [1.54, 1.807) is 13.0 Å². The third-order valence-corrected chi connectivity index (χ3v) is 3.21. The maximum atomic E-state index is 11.9. The zero-order valence-corrected chi connectivity index (χ0v) is 12.8. The van der Waals surface area contributed by atoms with Gasteiger partial charge in [0, 0.05) is 0 Å². The quantitative estimate of drug-likeness (QED) is 0.882. The van der Waals surface area contributed by atoms with E-state index in [1.807, 2.05) is 30.3 Å². The van der Waals surface area contributed by atoms with Crippen LogP contribution in [0.4, 0.5) is 10.5 Å². The number of carbonyl (C=O) groups is 2. The van der Waals surface area contributed by atoms with Gasteiger partial charge in [-0.1, -0.05) is 30.3 Å². The van der Waals surface area contributed by atoms with E-state index in [2.05, 4.69) is 5.32 Å². The second-order valence-corrected chi connectivity index (χ2v) is 4.86. The summed E-state index contributed by atoms with van der Waals surface area (Å²) in [6.07, 6.45) is -0.718. The Kier molecular flexibility index (Phi) is 5.19. The van der Waals surface area contributed by atoms with E-state index in [-0.39, 0.29) is 17.9 Å². The Bertz CT molecular complexity index is 712. The van der Waals surface area contributed by atoms with Crippen LogP contribution in [-0.4, -0.2) is 24.3 Å². The normalized spacial score (nSPS) is 10.0. The van der Waals surface area contributed by atoms with Crippen molar-refractivity contribution >= 4 is 17.7 Å². The molecule has 2 aromatic rings. The average molecular weight is 315 g/mol. The molecular weight excluding hydrogens is 298 g/mol. The monoisotopic (exact) mass is 315 g/mol. The van der Waals surface area contributed by atoms with Crippen molar-refractivity contribution in [1.29, 1.82) is 0 Å². The first-order chi connectivity index (χ1) is 11.0. The number of aromatic carboxylic acids is 1. The summed E-state index contributed by atoms with van der Waals surface area (Å²) in [4.78, 5) is 23.3. The maximum absolute atomic E-state index is 11.9. The van der Waals surface area contributed by atoms with Crippen molar-refractivity contribution in [1.82, 2.24) is 0 Å². The lowest BCUT2D eigenvalue weighted by Gasteiger charge is -2.13. The summed E-state index contributed by atoms with van der Waals surface area (Å²) in [5.41, 5.74) is 1.54.